The van der Waals surface area contributed by atoms with Gasteiger partial charge in [0.2, 0.25) is 0 Å². The number of amidine groups is 1. The fraction of sp³-hybridized carbons (Fsp3) is 0.345. The van der Waals surface area contributed by atoms with Crippen molar-refractivity contribution >= 4 is 22.9 Å². The third-order valence-electron chi connectivity index (χ3n) is 6.67. The van der Waals surface area contributed by atoms with E-state index < -0.39 is 0 Å². The van der Waals surface area contributed by atoms with Gasteiger partial charge in [-0.05, 0) is 60.2 Å². The number of hydrogen-bond donors (Lipinski definition) is 3. The maximum Gasteiger partial charge on any atom is 0.127 e. The molecule has 0 fully saturated rings. The second-order valence-electron chi connectivity index (χ2n) is 10.1. The monoisotopic (exact) mass is 440 g/mol. The zero-order chi connectivity index (χ0) is 23.9. The molecule has 0 radical (unpaired) electrons. The highest BCUT2D eigenvalue weighted by molar-refractivity contribution is 6.04. The summed E-state index contributed by atoms with van der Waals surface area (Å²) in [5, 5.41) is 15.1. The minimum atomic E-state index is 0.113. The second kappa shape index (κ2) is 8.58. The van der Waals surface area contributed by atoms with E-state index in [-0.39, 0.29) is 5.41 Å². The van der Waals surface area contributed by atoms with Gasteiger partial charge in [-0.1, -0.05) is 64.1 Å². The predicted octanol–water partition coefficient (Wildman–Crippen LogP) is 6.98. The van der Waals surface area contributed by atoms with Gasteiger partial charge in [-0.25, -0.2) is 0 Å². The lowest BCUT2D eigenvalue weighted by Crippen LogP contribution is -2.37. The van der Waals surface area contributed by atoms with E-state index in [1.54, 1.807) is 7.05 Å². The number of rotatable bonds is 6. The quantitative estimate of drug-likeness (QED) is 0.196. The summed E-state index contributed by atoms with van der Waals surface area (Å²) in [4.78, 5) is 2.43. The number of nitrogens with zero attached hydrogens (tertiary/aromatic N) is 1. The van der Waals surface area contributed by atoms with Crippen LogP contribution >= 0.6 is 0 Å². The number of benzene rings is 2. The van der Waals surface area contributed by atoms with E-state index >= 15 is 0 Å². The molecule has 172 valence electrons. The van der Waals surface area contributed by atoms with Crippen LogP contribution in [0.2, 0.25) is 0 Å². The van der Waals surface area contributed by atoms with Crippen LogP contribution in [0.4, 0.5) is 17.1 Å². The highest BCUT2D eigenvalue weighted by Crippen LogP contribution is 2.54. The summed E-state index contributed by atoms with van der Waals surface area (Å²) in [6.45, 7) is 15.2. The van der Waals surface area contributed by atoms with Gasteiger partial charge < -0.3 is 15.5 Å². The van der Waals surface area contributed by atoms with Gasteiger partial charge in [-0.15, -0.1) is 0 Å². The van der Waals surface area contributed by atoms with Crippen LogP contribution in [0, 0.1) is 5.41 Å². The fourth-order valence-electron chi connectivity index (χ4n) is 4.84. The molecular weight excluding hydrogens is 404 g/mol. The maximum atomic E-state index is 8.64. The van der Waals surface area contributed by atoms with Gasteiger partial charge in [0.1, 0.15) is 5.84 Å². The van der Waals surface area contributed by atoms with Crippen LogP contribution in [0.3, 0.4) is 0 Å². The van der Waals surface area contributed by atoms with E-state index in [0.29, 0.717) is 17.8 Å². The number of nitrogens with one attached hydrogen (secondary N) is 3. The molecule has 4 nitrogen and oxygen atoms in total. The standard InChI is InChI=1S/C29H36N4/c1-8-9-10-19(3)32-21-12-14-26(24(17-21)28(30)31-7)33-25-13-11-20(29(4,5)6)16-22(25)23-15-18(2)27(23)33/h9-17,23,27,32H,3,8H2,1-2,4-7H3,(H2,30,31)/b10-9-/t23?,27-/m0/s1. The van der Waals surface area contributed by atoms with E-state index in [0.717, 1.165) is 29.1 Å². The molecule has 0 amide bonds. The molecule has 2 aromatic rings. The molecule has 4 rings (SSSR count). The Bertz CT molecular complexity index is 1160. The van der Waals surface area contributed by atoms with Crippen LogP contribution in [0.25, 0.3) is 0 Å². The smallest absolute Gasteiger partial charge is 0.127 e. The molecular formula is C29H36N4. The van der Waals surface area contributed by atoms with Crippen molar-refractivity contribution in [2.24, 2.45) is 0 Å². The molecule has 33 heavy (non-hydrogen) atoms. The minimum Gasteiger partial charge on any atom is -0.373 e. The van der Waals surface area contributed by atoms with Crippen molar-refractivity contribution in [3.63, 3.8) is 0 Å². The van der Waals surface area contributed by atoms with Crippen molar-refractivity contribution in [3.8, 4) is 0 Å². The lowest BCUT2D eigenvalue weighted by atomic mass is 9.77. The number of fused-ring (bicyclic) bond motifs is 3. The first kappa shape index (κ1) is 22.9. The summed E-state index contributed by atoms with van der Waals surface area (Å²) in [6, 6.07) is 13.5. The molecule has 3 N–H and O–H groups in total. The van der Waals surface area contributed by atoms with Gasteiger partial charge in [0.15, 0.2) is 0 Å². The van der Waals surface area contributed by atoms with Crippen molar-refractivity contribution in [2.75, 3.05) is 17.3 Å². The second-order valence-corrected chi connectivity index (χ2v) is 10.1. The predicted molar refractivity (Wildman–Crippen MR) is 142 cm³/mol. The van der Waals surface area contributed by atoms with Crippen LogP contribution in [0.15, 0.2) is 72.5 Å². The molecule has 0 bridgehead atoms. The summed E-state index contributed by atoms with van der Waals surface area (Å²) < 4.78 is 0. The summed E-state index contributed by atoms with van der Waals surface area (Å²) >= 11 is 0. The van der Waals surface area contributed by atoms with Crippen LogP contribution in [0.5, 0.6) is 0 Å². The number of allylic oxidation sites excluding steroid dienone is 2. The Morgan fingerprint density at radius 1 is 1.15 bits per heavy atom. The minimum absolute atomic E-state index is 0.113. The van der Waals surface area contributed by atoms with E-state index in [2.05, 4.69) is 99.2 Å². The summed E-state index contributed by atoms with van der Waals surface area (Å²) in [5.41, 5.74) is 9.19. The topological polar surface area (TPSA) is 51.2 Å². The van der Waals surface area contributed by atoms with Gasteiger partial charge in [-0.3, -0.25) is 5.41 Å². The summed E-state index contributed by atoms with van der Waals surface area (Å²) in [5.74, 6) is 0.802. The first-order valence-electron chi connectivity index (χ1n) is 11.8. The largest absolute Gasteiger partial charge is 0.373 e. The van der Waals surface area contributed by atoms with Crippen molar-refractivity contribution < 1.29 is 0 Å². The van der Waals surface area contributed by atoms with E-state index in [4.69, 9.17) is 5.41 Å². The molecule has 0 spiro atoms. The Morgan fingerprint density at radius 3 is 2.52 bits per heavy atom. The molecule has 2 aromatic carbocycles. The molecule has 1 unspecified atom stereocenters. The first-order chi connectivity index (χ1) is 15.7. The Hall–Kier alpha value is -3.27. The van der Waals surface area contributed by atoms with Gasteiger partial charge in [-0.2, -0.15) is 0 Å². The third kappa shape index (κ3) is 4.10. The summed E-state index contributed by atoms with van der Waals surface area (Å²) in [6.07, 6.45) is 7.43. The van der Waals surface area contributed by atoms with Gasteiger partial charge in [0.05, 0.1) is 11.7 Å². The van der Waals surface area contributed by atoms with Crippen LogP contribution in [-0.2, 0) is 5.41 Å². The van der Waals surface area contributed by atoms with Crippen LogP contribution in [-0.4, -0.2) is 18.9 Å². The van der Waals surface area contributed by atoms with E-state index in [1.165, 1.54) is 22.4 Å². The molecule has 0 saturated carbocycles. The van der Waals surface area contributed by atoms with Gasteiger partial charge >= 0.3 is 0 Å². The molecule has 2 aliphatic rings. The highest BCUT2D eigenvalue weighted by Gasteiger charge is 2.45. The van der Waals surface area contributed by atoms with E-state index in [9.17, 15) is 0 Å². The molecule has 1 aliphatic heterocycles. The van der Waals surface area contributed by atoms with E-state index in [1.807, 2.05) is 12.1 Å². The highest BCUT2D eigenvalue weighted by atomic mass is 15.2. The fourth-order valence-corrected chi connectivity index (χ4v) is 4.84. The zero-order valence-corrected chi connectivity index (χ0v) is 20.7. The zero-order valence-electron chi connectivity index (χ0n) is 20.7. The maximum absolute atomic E-state index is 8.64. The first-order valence-corrected chi connectivity index (χ1v) is 11.8. The number of anilines is 3. The average molecular weight is 441 g/mol. The summed E-state index contributed by atoms with van der Waals surface area (Å²) in [7, 11) is 1.81. The normalized spacial score (nSPS) is 19.0. The Morgan fingerprint density at radius 2 is 1.88 bits per heavy atom. The van der Waals surface area contributed by atoms with Crippen molar-refractivity contribution in [1.29, 1.82) is 5.41 Å². The third-order valence-corrected chi connectivity index (χ3v) is 6.67. The number of hydrogen-bond acceptors (Lipinski definition) is 3. The van der Waals surface area contributed by atoms with Crippen molar-refractivity contribution in [3.05, 3.63) is 89.2 Å². The Balaban J connectivity index is 1.78. The molecule has 4 heteroatoms. The lowest BCUT2D eigenvalue weighted by molar-refractivity contribution is 0.588. The molecule has 1 heterocycles. The van der Waals surface area contributed by atoms with Crippen LogP contribution in [0.1, 0.15) is 63.6 Å². The van der Waals surface area contributed by atoms with Gasteiger partial charge in [0.25, 0.3) is 0 Å². The molecule has 0 saturated heterocycles. The Kier molecular flexibility index (Phi) is 5.96. The molecule has 2 atom stereocenters. The van der Waals surface area contributed by atoms with Crippen molar-refractivity contribution in [2.45, 2.75) is 58.4 Å². The lowest BCUT2D eigenvalue weighted by Gasteiger charge is -2.37. The molecule has 0 aromatic heterocycles. The SMILES string of the molecule is C=C(/C=C\CC)Nc1ccc(N2c3ccc(C(C)(C)C)cc3C3C=C(C)[C@@H]32)c(C(=N)NC)c1. The Labute approximate surface area is 198 Å². The van der Waals surface area contributed by atoms with Crippen molar-refractivity contribution in [1.82, 2.24) is 5.32 Å². The van der Waals surface area contributed by atoms with Gasteiger partial charge in [0, 0.05) is 35.6 Å². The molecule has 1 aliphatic carbocycles. The average Bonchev–Trinajstić information content (AvgIpc) is 3.04. The van der Waals surface area contributed by atoms with Crippen LogP contribution < -0.4 is 15.5 Å².